The summed E-state index contributed by atoms with van der Waals surface area (Å²) in [5, 5.41) is 1.94. The number of halogens is 5. The molecule has 0 amide bonds. The topological polar surface area (TPSA) is 12.0 Å². The van der Waals surface area contributed by atoms with Crippen molar-refractivity contribution in [3.8, 4) is 0 Å². The molecule has 6 heteroatoms. The molecule has 1 N–H and O–H groups in total. The molecule has 0 saturated carbocycles. The molecular formula is C15H12F5N. The number of nitrogens with one attached hydrogen (secondary N) is 1. The number of anilines is 1. The number of hydrogen-bond donors (Lipinski definition) is 1. The first kappa shape index (κ1) is 15.3. The minimum Gasteiger partial charge on any atom is -0.366 e. The van der Waals surface area contributed by atoms with Gasteiger partial charge in [0, 0.05) is 0 Å². The maximum Gasteiger partial charge on any atom is 0.412 e. The van der Waals surface area contributed by atoms with E-state index in [1.807, 2.05) is 5.32 Å². The van der Waals surface area contributed by atoms with Crippen molar-refractivity contribution in [1.29, 1.82) is 0 Å². The number of benzene rings is 2. The summed E-state index contributed by atoms with van der Waals surface area (Å²) in [7, 11) is 0. The first-order chi connectivity index (χ1) is 9.80. The molecule has 0 bridgehead atoms. The maximum absolute atomic E-state index is 13.9. The van der Waals surface area contributed by atoms with Crippen LogP contribution in [-0.2, 0) is 0 Å². The zero-order valence-corrected chi connectivity index (χ0v) is 11.0. The van der Waals surface area contributed by atoms with Gasteiger partial charge in [-0.05, 0) is 24.1 Å². The van der Waals surface area contributed by atoms with Gasteiger partial charge in [0.1, 0.15) is 17.5 Å². The van der Waals surface area contributed by atoms with Crippen LogP contribution in [0.1, 0.15) is 17.2 Å². The standard InChI is InChI=1S/C15H12F5N/c1-9-7-8-11(16)13(12(9)17)21-14(15(18,19)20)10-5-3-2-4-6-10/h2-8,14,21H,1H3. The van der Waals surface area contributed by atoms with E-state index in [4.69, 9.17) is 0 Å². The summed E-state index contributed by atoms with van der Waals surface area (Å²) in [4.78, 5) is 0. The van der Waals surface area contributed by atoms with Crippen LogP contribution >= 0.6 is 0 Å². The molecule has 0 aliphatic heterocycles. The first-order valence-corrected chi connectivity index (χ1v) is 6.13. The molecule has 0 saturated heterocycles. The third-order valence-electron chi connectivity index (χ3n) is 3.03. The molecule has 0 aliphatic carbocycles. The third kappa shape index (κ3) is 3.32. The second-order valence-corrected chi connectivity index (χ2v) is 4.58. The summed E-state index contributed by atoms with van der Waals surface area (Å²) in [6.07, 6.45) is -4.69. The van der Waals surface area contributed by atoms with Crippen molar-refractivity contribution in [1.82, 2.24) is 0 Å². The number of hydrogen-bond acceptors (Lipinski definition) is 1. The van der Waals surface area contributed by atoms with E-state index in [0.717, 1.165) is 6.07 Å². The summed E-state index contributed by atoms with van der Waals surface area (Å²) in [5.74, 6) is -2.09. The lowest BCUT2D eigenvalue weighted by Crippen LogP contribution is -2.28. The first-order valence-electron chi connectivity index (χ1n) is 6.13. The second kappa shape index (κ2) is 5.71. The van der Waals surface area contributed by atoms with Crippen LogP contribution in [-0.4, -0.2) is 6.18 Å². The van der Waals surface area contributed by atoms with Crippen molar-refractivity contribution in [2.45, 2.75) is 19.1 Å². The quantitative estimate of drug-likeness (QED) is 0.788. The molecule has 1 nitrogen and oxygen atoms in total. The Morgan fingerprint density at radius 3 is 2.14 bits per heavy atom. The van der Waals surface area contributed by atoms with Gasteiger partial charge in [0.25, 0.3) is 0 Å². The minimum atomic E-state index is -4.69. The zero-order chi connectivity index (χ0) is 15.6. The number of alkyl halides is 3. The Labute approximate surface area is 118 Å². The molecular weight excluding hydrogens is 289 g/mol. The highest BCUT2D eigenvalue weighted by Gasteiger charge is 2.41. The molecule has 21 heavy (non-hydrogen) atoms. The predicted molar refractivity (Wildman–Crippen MR) is 70.0 cm³/mol. The van der Waals surface area contributed by atoms with Crippen molar-refractivity contribution in [2.24, 2.45) is 0 Å². The smallest absolute Gasteiger partial charge is 0.366 e. The molecule has 2 aromatic rings. The van der Waals surface area contributed by atoms with Crippen LogP contribution in [0.15, 0.2) is 42.5 Å². The molecule has 0 radical (unpaired) electrons. The Morgan fingerprint density at radius 1 is 0.952 bits per heavy atom. The van der Waals surface area contributed by atoms with Gasteiger partial charge >= 0.3 is 6.18 Å². The van der Waals surface area contributed by atoms with Gasteiger partial charge in [-0.25, -0.2) is 8.78 Å². The lowest BCUT2D eigenvalue weighted by atomic mass is 10.1. The largest absolute Gasteiger partial charge is 0.412 e. The van der Waals surface area contributed by atoms with Crippen LogP contribution in [0.5, 0.6) is 0 Å². The Hall–Kier alpha value is -2.11. The molecule has 0 heterocycles. The van der Waals surface area contributed by atoms with Gasteiger partial charge in [-0.3, -0.25) is 0 Å². The van der Waals surface area contributed by atoms with Gasteiger partial charge in [-0.2, -0.15) is 13.2 Å². The van der Waals surface area contributed by atoms with E-state index in [0.29, 0.717) is 0 Å². The monoisotopic (exact) mass is 301 g/mol. The summed E-state index contributed by atoms with van der Waals surface area (Å²) in [6.45, 7) is 1.35. The fourth-order valence-electron chi connectivity index (χ4n) is 1.93. The summed E-state index contributed by atoms with van der Waals surface area (Å²) in [6, 6.07) is 6.82. The molecule has 0 spiro atoms. The van der Waals surface area contributed by atoms with E-state index in [9.17, 15) is 22.0 Å². The lowest BCUT2D eigenvalue weighted by molar-refractivity contribution is -0.144. The SMILES string of the molecule is Cc1ccc(F)c(NC(c2ccccc2)C(F)(F)F)c1F. The fourth-order valence-corrected chi connectivity index (χ4v) is 1.93. The average Bonchev–Trinajstić information content (AvgIpc) is 2.43. The van der Waals surface area contributed by atoms with Crippen LogP contribution in [0.25, 0.3) is 0 Å². The summed E-state index contributed by atoms with van der Waals surface area (Å²) < 4.78 is 66.9. The van der Waals surface area contributed by atoms with Crippen LogP contribution < -0.4 is 5.32 Å². The van der Waals surface area contributed by atoms with Crippen LogP contribution in [0.3, 0.4) is 0 Å². The van der Waals surface area contributed by atoms with Crippen LogP contribution in [0, 0.1) is 18.6 Å². The van der Waals surface area contributed by atoms with Crippen LogP contribution in [0.2, 0.25) is 0 Å². The van der Waals surface area contributed by atoms with Gasteiger partial charge in [-0.1, -0.05) is 36.4 Å². The summed E-state index contributed by atoms with van der Waals surface area (Å²) >= 11 is 0. The van der Waals surface area contributed by atoms with Crippen molar-refractivity contribution >= 4 is 5.69 Å². The fraction of sp³-hybridized carbons (Fsp3) is 0.200. The van der Waals surface area contributed by atoms with Gasteiger partial charge in [0.2, 0.25) is 0 Å². The van der Waals surface area contributed by atoms with Crippen molar-refractivity contribution in [3.05, 3.63) is 65.2 Å². The van der Waals surface area contributed by atoms with E-state index < -0.39 is 29.5 Å². The highest BCUT2D eigenvalue weighted by atomic mass is 19.4. The Balaban J connectivity index is 2.44. The van der Waals surface area contributed by atoms with Gasteiger partial charge in [0.05, 0.1) is 0 Å². The molecule has 2 rings (SSSR count). The zero-order valence-electron chi connectivity index (χ0n) is 11.0. The van der Waals surface area contributed by atoms with Crippen molar-refractivity contribution in [2.75, 3.05) is 5.32 Å². The highest BCUT2D eigenvalue weighted by molar-refractivity contribution is 5.51. The van der Waals surface area contributed by atoms with E-state index in [1.54, 1.807) is 6.07 Å². The predicted octanol–water partition coefficient (Wildman–Crippen LogP) is 4.99. The molecule has 0 fully saturated rings. The molecule has 2 aromatic carbocycles. The molecule has 0 aromatic heterocycles. The van der Waals surface area contributed by atoms with Crippen molar-refractivity contribution in [3.63, 3.8) is 0 Å². The Bertz CT molecular complexity index is 622. The van der Waals surface area contributed by atoms with Crippen molar-refractivity contribution < 1.29 is 22.0 Å². The van der Waals surface area contributed by atoms with E-state index in [2.05, 4.69) is 0 Å². The van der Waals surface area contributed by atoms with Gasteiger partial charge in [-0.15, -0.1) is 0 Å². The highest BCUT2D eigenvalue weighted by Crippen LogP contribution is 2.37. The lowest BCUT2D eigenvalue weighted by Gasteiger charge is -2.24. The number of aryl methyl sites for hydroxylation is 1. The van der Waals surface area contributed by atoms with Gasteiger partial charge in [0.15, 0.2) is 5.82 Å². The molecule has 1 unspecified atom stereocenters. The third-order valence-corrected chi connectivity index (χ3v) is 3.03. The molecule has 1 atom stereocenters. The van der Waals surface area contributed by atoms with E-state index in [1.165, 1.54) is 37.3 Å². The Morgan fingerprint density at radius 2 is 1.57 bits per heavy atom. The van der Waals surface area contributed by atoms with E-state index in [-0.39, 0.29) is 11.1 Å². The normalized spacial score (nSPS) is 13.0. The average molecular weight is 301 g/mol. The molecule has 0 aliphatic rings. The summed E-state index contributed by atoms with van der Waals surface area (Å²) in [5.41, 5.74) is -0.834. The van der Waals surface area contributed by atoms with E-state index >= 15 is 0 Å². The Kier molecular flexibility index (Phi) is 4.16. The van der Waals surface area contributed by atoms with Crippen LogP contribution in [0.4, 0.5) is 27.6 Å². The molecule has 112 valence electrons. The maximum atomic E-state index is 13.9. The van der Waals surface area contributed by atoms with Gasteiger partial charge < -0.3 is 5.32 Å². The second-order valence-electron chi connectivity index (χ2n) is 4.58. The minimum absolute atomic E-state index is 0.0629. The number of rotatable bonds is 3.